The minimum Gasteiger partial charge on any atom is -0.307 e. The Balaban J connectivity index is 1.07. The molecule has 0 spiro atoms. The number of nitrogens with zero attached hydrogens (tertiary/aromatic N) is 8. The van der Waals surface area contributed by atoms with Gasteiger partial charge in [-0.25, -0.2) is 19.9 Å². The molecule has 0 bridgehead atoms. The lowest BCUT2D eigenvalue weighted by molar-refractivity contribution is 0.953. The molecule has 0 aliphatic heterocycles. The number of allylic oxidation sites excluding steroid dienone is 4. The van der Waals surface area contributed by atoms with Gasteiger partial charge in [-0.05, 0) is 54.3 Å². The molecule has 8 heteroatoms. The van der Waals surface area contributed by atoms with Crippen LogP contribution >= 0.6 is 0 Å². The van der Waals surface area contributed by atoms with E-state index in [9.17, 15) is 0 Å². The average Bonchev–Trinajstić information content (AvgIpc) is 3.95. The molecule has 0 N–H and O–H groups in total. The van der Waals surface area contributed by atoms with Crippen molar-refractivity contribution in [2.45, 2.75) is 12.8 Å². The standard InChI is InChI=1S/C60H40N8/c1-5-19-39(20-6-1)43-27-17-28-44(37-43)59-64-57(42-25-11-4-12-26-42)65-60(66-59)68-52-34-16-14-32-48(52)50-36-35-49-47-31-13-15-33-51(47)67(53(49)54(50)68)46-30-18-29-45(38-46)58-62-55(40-21-7-2-8-22-40)61-56(63-58)41-23-9-3-10-24-41/h1-2,4-9,11-38H,3,10H2. The summed E-state index contributed by atoms with van der Waals surface area (Å²) >= 11 is 0. The first-order valence-corrected chi connectivity index (χ1v) is 22.9. The second kappa shape index (κ2) is 16.4. The van der Waals surface area contributed by atoms with Gasteiger partial charge in [0.1, 0.15) is 0 Å². The summed E-state index contributed by atoms with van der Waals surface area (Å²) in [6.45, 7) is 0. The highest BCUT2D eigenvalue weighted by Gasteiger charge is 2.24. The van der Waals surface area contributed by atoms with Gasteiger partial charge in [0.25, 0.3) is 0 Å². The lowest BCUT2D eigenvalue weighted by Crippen LogP contribution is -2.07. The smallest absolute Gasteiger partial charge is 0.238 e. The molecule has 0 saturated heterocycles. The van der Waals surface area contributed by atoms with Gasteiger partial charge >= 0.3 is 0 Å². The van der Waals surface area contributed by atoms with Crippen LogP contribution < -0.4 is 0 Å². The second-order valence-corrected chi connectivity index (χ2v) is 17.0. The predicted octanol–water partition coefficient (Wildman–Crippen LogP) is 14.3. The molecule has 13 rings (SSSR count). The van der Waals surface area contributed by atoms with E-state index in [-0.39, 0.29) is 0 Å². The average molecular weight is 873 g/mol. The SMILES string of the molecule is C1=CC(c2nc(-c3ccccc3)nc(-c3cccc(-n4c5ccccc5c5ccc6c7ccccc7n(-c7nc(-c8ccccc8)nc(-c8cccc(-c9ccccc9)c8)n7)c6c54)c3)n2)=CCC1. The molecule has 1 aliphatic carbocycles. The van der Waals surface area contributed by atoms with Crippen molar-refractivity contribution in [3.05, 3.63) is 224 Å². The second-order valence-electron chi connectivity index (χ2n) is 17.0. The van der Waals surface area contributed by atoms with Gasteiger partial charge in [-0.15, -0.1) is 0 Å². The number of aromatic nitrogens is 8. The fourth-order valence-electron chi connectivity index (χ4n) is 9.67. The van der Waals surface area contributed by atoms with E-state index >= 15 is 0 Å². The van der Waals surface area contributed by atoms with Gasteiger partial charge in [-0.1, -0.05) is 188 Å². The van der Waals surface area contributed by atoms with Gasteiger partial charge in [0.05, 0.1) is 22.1 Å². The van der Waals surface area contributed by atoms with Gasteiger partial charge in [0.15, 0.2) is 29.1 Å². The van der Waals surface area contributed by atoms with Crippen LogP contribution in [0.2, 0.25) is 0 Å². The van der Waals surface area contributed by atoms with Crippen LogP contribution in [0.4, 0.5) is 0 Å². The summed E-state index contributed by atoms with van der Waals surface area (Å²) in [5.41, 5.74) is 11.9. The van der Waals surface area contributed by atoms with Crippen LogP contribution in [0.15, 0.2) is 218 Å². The van der Waals surface area contributed by atoms with Gasteiger partial charge in [-0.3, -0.25) is 4.57 Å². The van der Waals surface area contributed by atoms with Crippen molar-refractivity contribution in [1.82, 2.24) is 39.0 Å². The van der Waals surface area contributed by atoms with Crippen LogP contribution in [-0.2, 0) is 0 Å². The summed E-state index contributed by atoms with van der Waals surface area (Å²) in [4.78, 5) is 31.2. The van der Waals surface area contributed by atoms with Crippen LogP contribution in [-0.4, -0.2) is 39.0 Å². The predicted molar refractivity (Wildman–Crippen MR) is 275 cm³/mol. The van der Waals surface area contributed by atoms with E-state index in [1.54, 1.807) is 0 Å². The van der Waals surface area contributed by atoms with Crippen LogP contribution in [0.3, 0.4) is 0 Å². The summed E-state index contributed by atoms with van der Waals surface area (Å²) in [5.74, 6) is 3.62. The molecule has 0 radical (unpaired) electrons. The molecule has 4 heterocycles. The van der Waals surface area contributed by atoms with Gasteiger partial charge in [-0.2, -0.15) is 9.97 Å². The Morgan fingerprint density at radius 2 is 0.794 bits per heavy atom. The van der Waals surface area contributed by atoms with E-state index in [4.69, 9.17) is 29.9 Å². The Hall–Kier alpha value is -9.14. The molecule has 0 atom stereocenters. The topological polar surface area (TPSA) is 87.2 Å². The third kappa shape index (κ3) is 6.77. The van der Waals surface area contributed by atoms with Crippen LogP contribution in [0, 0.1) is 0 Å². The molecule has 68 heavy (non-hydrogen) atoms. The maximum absolute atomic E-state index is 5.40. The molecule has 8 aromatic carbocycles. The fraction of sp³-hybridized carbons (Fsp3) is 0.0333. The number of hydrogen-bond acceptors (Lipinski definition) is 6. The Morgan fingerprint density at radius 1 is 0.324 bits per heavy atom. The van der Waals surface area contributed by atoms with E-state index < -0.39 is 0 Å². The van der Waals surface area contributed by atoms with Gasteiger partial charge in [0.2, 0.25) is 5.95 Å². The highest BCUT2D eigenvalue weighted by molar-refractivity contribution is 6.23. The summed E-state index contributed by atoms with van der Waals surface area (Å²) < 4.78 is 4.61. The normalized spacial score (nSPS) is 12.6. The minimum atomic E-state index is 0.528. The van der Waals surface area contributed by atoms with Crippen molar-refractivity contribution >= 4 is 49.2 Å². The molecular formula is C60H40N8. The van der Waals surface area contributed by atoms with E-state index in [2.05, 4.69) is 173 Å². The van der Waals surface area contributed by atoms with Crippen molar-refractivity contribution in [2.75, 3.05) is 0 Å². The van der Waals surface area contributed by atoms with Crippen molar-refractivity contribution in [3.63, 3.8) is 0 Å². The first-order valence-electron chi connectivity index (χ1n) is 22.9. The van der Waals surface area contributed by atoms with E-state index in [0.717, 1.165) is 101 Å². The van der Waals surface area contributed by atoms with Crippen molar-refractivity contribution in [1.29, 1.82) is 0 Å². The molecule has 0 saturated carbocycles. The monoisotopic (exact) mass is 872 g/mol. The molecular weight excluding hydrogens is 833 g/mol. The maximum atomic E-state index is 5.40. The summed E-state index contributed by atoms with van der Waals surface area (Å²) in [5, 5.41) is 4.43. The van der Waals surface area contributed by atoms with Crippen LogP contribution in [0.5, 0.6) is 0 Å². The Labute approximate surface area is 392 Å². The van der Waals surface area contributed by atoms with Gasteiger partial charge < -0.3 is 4.57 Å². The minimum absolute atomic E-state index is 0.528. The van der Waals surface area contributed by atoms with Crippen LogP contribution in [0.25, 0.3) is 117 Å². The number of rotatable bonds is 8. The highest BCUT2D eigenvalue weighted by Crippen LogP contribution is 2.42. The first kappa shape index (κ1) is 39.2. The largest absolute Gasteiger partial charge is 0.307 e. The number of hydrogen-bond donors (Lipinski definition) is 0. The van der Waals surface area contributed by atoms with Crippen molar-refractivity contribution < 1.29 is 0 Å². The van der Waals surface area contributed by atoms with Crippen molar-refractivity contribution in [2.24, 2.45) is 0 Å². The van der Waals surface area contributed by atoms with Crippen LogP contribution in [0.1, 0.15) is 18.7 Å². The zero-order chi connectivity index (χ0) is 45.0. The number of benzene rings is 8. The maximum Gasteiger partial charge on any atom is 0.238 e. The Bertz CT molecular complexity index is 3960. The summed E-state index contributed by atoms with van der Waals surface area (Å²) in [7, 11) is 0. The number of fused-ring (bicyclic) bond motifs is 7. The number of para-hydroxylation sites is 2. The van der Waals surface area contributed by atoms with E-state index in [1.165, 1.54) is 0 Å². The first-order chi connectivity index (χ1) is 33.7. The fourth-order valence-corrected chi connectivity index (χ4v) is 9.67. The summed E-state index contributed by atoms with van der Waals surface area (Å²) in [6.07, 6.45) is 8.48. The third-order valence-electron chi connectivity index (χ3n) is 12.8. The molecule has 12 aromatic rings. The Morgan fingerprint density at radius 3 is 1.43 bits per heavy atom. The Kier molecular flexibility index (Phi) is 9.45. The zero-order valence-corrected chi connectivity index (χ0v) is 36.8. The van der Waals surface area contributed by atoms with E-state index in [0.29, 0.717) is 35.1 Å². The zero-order valence-electron chi connectivity index (χ0n) is 36.8. The lowest BCUT2D eigenvalue weighted by atomic mass is 10.0. The van der Waals surface area contributed by atoms with E-state index in [1.807, 2.05) is 54.6 Å². The molecule has 0 amide bonds. The molecule has 0 fully saturated rings. The molecule has 1 aliphatic rings. The van der Waals surface area contributed by atoms with Gasteiger partial charge in [0, 0.05) is 55.1 Å². The highest BCUT2D eigenvalue weighted by atomic mass is 15.2. The quantitative estimate of drug-likeness (QED) is 0.151. The summed E-state index contributed by atoms with van der Waals surface area (Å²) in [6, 6.07) is 69.4. The third-order valence-corrected chi connectivity index (χ3v) is 12.8. The lowest BCUT2D eigenvalue weighted by Gasteiger charge is -2.14. The van der Waals surface area contributed by atoms with Crippen molar-refractivity contribution in [3.8, 4) is 68.3 Å². The molecule has 0 unspecified atom stereocenters. The molecule has 8 nitrogen and oxygen atoms in total. The molecule has 320 valence electrons. The molecule has 4 aromatic heterocycles.